The lowest BCUT2D eigenvalue weighted by Crippen LogP contribution is -2.39. The van der Waals surface area contributed by atoms with E-state index in [1.54, 1.807) is 12.3 Å². The molecule has 0 amide bonds. The molecule has 1 aliphatic rings. The van der Waals surface area contributed by atoms with Gasteiger partial charge in [-0.3, -0.25) is 9.78 Å². The first-order chi connectivity index (χ1) is 10.4. The van der Waals surface area contributed by atoms with Crippen molar-refractivity contribution >= 4 is 16.9 Å². The third-order valence-corrected chi connectivity index (χ3v) is 3.73. The molecule has 0 aromatic carbocycles. The number of hydrogen-bond acceptors (Lipinski definition) is 4. The number of hydrogen-bond donors (Lipinski definition) is 3. The van der Waals surface area contributed by atoms with Gasteiger partial charge in [0.1, 0.15) is 5.56 Å². The summed E-state index contributed by atoms with van der Waals surface area (Å²) in [4.78, 5) is 30.0. The van der Waals surface area contributed by atoms with Crippen LogP contribution < -0.4 is 10.9 Å². The SMILES string of the molecule is CC1=CC=CC(C)(c2nccc3[nH]c(=O)c(C(=O)O)cc23)N1. The molecule has 112 valence electrons. The van der Waals surface area contributed by atoms with Gasteiger partial charge in [0.05, 0.1) is 16.7 Å². The molecule has 22 heavy (non-hydrogen) atoms. The molecule has 3 N–H and O–H groups in total. The average Bonchev–Trinajstić information content (AvgIpc) is 2.45. The Morgan fingerprint density at radius 1 is 1.41 bits per heavy atom. The lowest BCUT2D eigenvalue weighted by Gasteiger charge is -2.31. The Morgan fingerprint density at radius 3 is 2.86 bits per heavy atom. The summed E-state index contributed by atoms with van der Waals surface area (Å²) in [5, 5.41) is 13.1. The van der Waals surface area contributed by atoms with Gasteiger partial charge in [0, 0.05) is 17.3 Å². The van der Waals surface area contributed by atoms with Crippen LogP contribution in [-0.2, 0) is 5.54 Å². The Bertz CT molecular complexity index is 895. The number of rotatable bonds is 2. The second-order valence-electron chi connectivity index (χ2n) is 5.47. The number of nitrogens with one attached hydrogen (secondary N) is 2. The number of aromatic amines is 1. The maximum absolute atomic E-state index is 11.8. The number of aromatic nitrogens is 2. The predicted molar refractivity (Wildman–Crippen MR) is 82.7 cm³/mol. The minimum absolute atomic E-state index is 0.294. The molecule has 0 fully saturated rings. The summed E-state index contributed by atoms with van der Waals surface area (Å²) < 4.78 is 0. The number of carboxylic acid groups (broad SMARTS) is 1. The van der Waals surface area contributed by atoms with E-state index in [2.05, 4.69) is 15.3 Å². The fourth-order valence-corrected chi connectivity index (χ4v) is 2.72. The van der Waals surface area contributed by atoms with Crippen molar-refractivity contribution in [1.29, 1.82) is 0 Å². The van der Waals surface area contributed by atoms with Crippen LogP contribution in [-0.4, -0.2) is 21.0 Å². The van der Waals surface area contributed by atoms with Crippen molar-refractivity contribution in [1.82, 2.24) is 15.3 Å². The molecule has 0 saturated carbocycles. The van der Waals surface area contributed by atoms with Gasteiger partial charge in [-0.25, -0.2) is 4.79 Å². The molecule has 2 aromatic heterocycles. The number of carbonyl (C=O) groups is 1. The van der Waals surface area contributed by atoms with Crippen LogP contribution in [0.5, 0.6) is 0 Å². The van der Waals surface area contributed by atoms with Gasteiger partial charge in [-0.15, -0.1) is 0 Å². The van der Waals surface area contributed by atoms with Crippen molar-refractivity contribution < 1.29 is 9.90 Å². The molecular weight excluding hydrogens is 282 g/mol. The standard InChI is InChI=1S/C16H15N3O3/c1-9-4-3-6-16(2,19-9)13-10-8-11(15(21)22)14(20)18-12(10)5-7-17-13/h3-8,19H,1-2H3,(H,18,20)(H,21,22). The average molecular weight is 297 g/mol. The zero-order valence-corrected chi connectivity index (χ0v) is 12.2. The fraction of sp³-hybridized carbons (Fsp3) is 0.188. The number of aromatic carboxylic acids is 1. The first kappa shape index (κ1) is 14.1. The first-order valence-electron chi connectivity index (χ1n) is 6.81. The monoisotopic (exact) mass is 297 g/mol. The number of nitrogens with zero attached hydrogens (tertiary/aromatic N) is 1. The zero-order chi connectivity index (χ0) is 15.9. The predicted octanol–water partition coefficient (Wildman–Crippen LogP) is 1.90. The van der Waals surface area contributed by atoms with Gasteiger partial charge in [-0.1, -0.05) is 12.2 Å². The van der Waals surface area contributed by atoms with Crippen LogP contribution in [0.3, 0.4) is 0 Å². The molecule has 6 nitrogen and oxygen atoms in total. The highest BCUT2D eigenvalue weighted by atomic mass is 16.4. The van der Waals surface area contributed by atoms with Crippen LogP contribution >= 0.6 is 0 Å². The second kappa shape index (κ2) is 4.84. The van der Waals surface area contributed by atoms with Crippen molar-refractivity contribution in [3.63, 3.8) is 0 Å². The van der Waals surface area contributed by atoms with E-state index in [1.807, 2.05) is 32.1 Å². The molecule has 1 atom stereocenters. The molecule has 3 rings (SSSR count). The van der Waals surface area contributed by atoms with E-state index < -0.39 is 17.1 Å². The third kappa shape index (κ3) is 2.18. The van der Waals surface area contributed by atoms with Crippen LogP contribution in [0, 0.1) is 0 Å². The minimum atomic E-state index is -1.26. The summed E-state index contributed by atoms with van der Waals surface area (Å²) in [5.74, 6) is -1.26. The zero-order valence-electron chi connectivity index (χ0n) is 12.2. The molecule has 1 unspecified atom stereocenters. The van der Waals surface area contributed by atoms with E-state index >= 15 is 0 Å². The van der Waals surface area contributed by atoms with Gasteiger partial charge < -0.3 is 15.4 Å². The Kier molecular flexibility index (Phi) is 3.09. The quantitative estimate of drug-likeness (QED) is 0.787. The highest BCUT2D eigenvalue weighted by Crippen LogP contribution is 2.29. The molecule has 0 saturated heterocycles. The Hall–Kier alpha value is -2.89. The van der Waals surface area contributed by atoms with E-state index in [0.29, 0.717) is 16.6 Å². The van der Waals surface area contributed by atoms with Crippen molar-refractivity contribution in [3.05, 3.63) is 63.9 Å². The second-order valence-corrected chi connectivity index (χ2v) is 5.47. The van der Waals surface area contributed by atoms with Crippen LogP contribution in [0.2, 0.25) is 0 Å². The Labute approximate surface area is 126 Å². The van der Waals surface area contributed by atoms with Gasteiger partial charge in [-0.2, -0.15) is 0 Å². The van der Waals surface area contributed by atoms with E-state index in [-0.39, 0.29) is 5.56 Å². The normalized spacial score (nSPS) is 20.5. The molecule has 6 heteroatoms. The molecule has 0 bridgehead atoms. The smallest absolute Gasteiger partial charge is 0.341 e. The maximum Gasteiger partial charge on any atom is 0.341 e. The highest BCUT2D eigenvalue weighted by Gasteiger charge is 2.29. The van der Waals surface area contributed by atoms with E-state index in [1.165, 1.54) is 6.07 Å². The molecule has 0 aliphatic carbocycles. The number of pyridine rings is 2. The first-order valence-corrected chi connectivity index (χ1v) is 6.81. The van der Waals surface area contributed by atoms with Gasteiger partial charge in [0.2, 0.25) is 0 Å². The highest BCUT2D eigenvalue weighted by molar-refractivity contribution is 5.93. The summed E-state index contributed by atoms with van der Waals surface area (Å²) in [6, 6.07) is 3.04. The molecule has 0 spiro atoms. The molecule has 3 heterocycles. The van der Waals surface area contributed by atoms with Gasteiger partial charge >= 0.3 is 5.97 Å². The van der Waals surface area contributed by atoms with Crippen LogP contribution in [0.15, 0.2) is 47.0 Å². The van der Waals surface area contributed by atoms with Crippen molar-refractivity contribution in [3.8, 4) is 0 Å². The van der Waals surface area contributed by atoms with Gasteiger partial charge in [0.15, 0.2) is 0 Å². The van der Waals surface area contributed by atoms with Crippen molar-refractivity contribution in [2.24, 2.45) is 0 Å². The summed E-state index contributed by atoms with van der Waals surface area (Å²) in [5.41, 5.74) is 0.706. The number of H-pyrrole nitrogens is 1. The third-order valence-electron chi connectivity index (χ3n) is 3.73. The lowest BCUT2D eigenvalue weighted by atomic mass is 9.91. The number of allylic oxidation sites excluding steroid dienone is 3. The largest absolute Gasteiger partial charge is 0.477 e. The van der Waals surface area contributed by atoms with Crippen LogP contribution in [0.4, 0.5) is 0 Å². The summed E-state index contributed by atoms with van der Waals surface area (Å²) in [6.07, 6.45) is 7.42. The van der Waals surface area contributed by atoms with Crippen molar-refractivity contribution in [2.45, 2.75) is 19.4 Å². The number of carboxylic acids is 1. The molecular formula is C16H15N3O3. The topological polar surface area (TPSA) is 95.1 Å². The minimum Gasteiger partial charge on any atom is -0.477 e. The van der Waals surface area contributed by atoms with Crippen molar-refractivity contribution in [2.75, 3.05) is 0 Å². The summed E-state index contributed by atoms with van der Waals surface area (Å²) >= 11 is 0. The lowest BCUT2D eigenvalue weighted by molar-refractivity contribution is 0.0695. The molecule has 0 radical (unpaired) electrons. The van der Waals surface area contributed by atoms with E-state index in [0.717, 1.165) is 5.70 Å². The summed E-state index contributed by atoms with van der Waals surface area (Å²) in [6.45, 7) is 3.89. The van der Waals surface area contributed by atoms with Gasteiger partial charge in [0.25, 0.3) is 5.56 Å². The van der Waals surface area contributed by atoms with E-state index in [9.17, 15) is 9.59 Å². The van der Waals surface area contributed by atoms with Gasteiger partial charge in [-0.05, 0) is 32.1 Å². The van der Waals surface area contributed by atoms with Crippen LogP contribution in [0.25, 0.3) is 10.9 Å². The number of fused-ring (bicyclic) bond motifs is 1. The van der Waals surface area contributed by atoms with E-state index in [4.69, 9.17) is 5.11 Å². The maximum atomic E-state index is 11.8. The Balaban J connectivity index is 2.29. The molecule has 2 aromatic rings. The van der Waals surface area contributed by atoms with Crippen LogP contribution in [0.1, 0.15) is 29.9 Å². The molecule has 1 aliphatic heterocycles. The summed E-state index contributed by atoms with van der Waals surface area (Å²) in [7, 11) is 0. The fourth-order valence-electron chi connectivity index (χ4n) is 2.72. The Morgan fingerprint density at radius 2 is 2.18 bits per heavy atom. The number of dihydropyridines is 1.